The molecule has 17 heavy (non-hydrogen) atoms. The molecule has 0 radical (unpaired) electrons. The van der Waals surface area contributed by atoms with Crippen LogP contribution in [0.3, 0.4) is 0 Å². The second kappa shape index (κ2) is 4.15. The molecule has 0 saturated heterocycles. The molecule has 1 rings (SSSR count). The summed E-state index contributed by atoms with van der Waals surface area (Å²) in [6.07, 6.45) is 0. The quantitative estimate of drug-likeness (QED) is 0.848. The van der Waals surface area contributed by atoms with Gasteiger partial charge in [-0.3, -0.25) is 4.79 Å². The number of carboxylic acid groups (broad SMARTS) is 1. The first kappa shape index (κ1) is 13.7. The summed E-state index contributed by atoms with van der Waals surface area (Å²) in [4.78, 5) is 11.3. The highest BCUT2D eigenvalue weighted by Gasteiger charge is 2.47. The van der Waals surface area contributed by atoms with Gasteiger partial charge in [0, 0.05) is 0 Å². The van der Waals surface area contributed by atoms with Crippen LogP contribution in [0.4, 0.5) is 0 Å². The van der Waals surface area contributed by atoms with Gasteiger partial charge in [0.05, 0.1) is 5.41 Å². The van der Waals surface area contributed by atoms with Crippen molar-refractivity contribution in [1.29, 1.82) is 0 Å². The molecule has 3 nitrogen and oxygen atoms in total. The van der Waals surface area contributed by atoms with Crippen LogP contribution in [0.5, 0.6) is 0 Å². The summed E-state index contributed by atoms with van der Waals surface area (Å²) in [5.41, 5.74) is -0.0765. The minimum atomic E-state index is -1.41. The monoisotopic (exact) mass is 236 g/mol. The highest BCUT2D eigenvalue weighted by Crippen LogP contribution is 2.41. The third-order valence-electron chi connectivity index (χ3n) is 3.67. The van der Waals surface area contributed by atoms with Gasteiger partial charge in [-0.15, -0.1) is 0 Å². The van der Waals surface area contributed by atoms with Crippen LogP contribution >= 0.6 is 0 Å². The third kappa shape index (κ3) is 2.20. The highest BCUT2D eigenvalue weighted by atomic mass is 16.4. The lowest BCUT2D eigenvalue weighted by Crippen LogP contribution is -2.45. The van der Waals surface area contributed by atoms with Gasteiger partial charge >= 0.3 is 5.97 Å². The summed E-state index contributed by atoms with van der Waals surface area (Å²) in [5.74, 6) is -1.01. The molecule has 94 valence electrons. The van der Waals surface area contributed by atoms with Crippen molar-refractivity contribution in [2.45, 2.75) is 40.2 Å². The molecule has 0 spiro atoms. The summed E-state index contributed by atoms with van der Waals surface area (Å²) in [5, 5.41) is 19.8. The van der Waals surface area contributed by atoms with E-state index >= 15 is 0 Å². The van der Waals surface area contributed by atoms with E-state index in [0.717, 1.165) is 11.1 Å². The van der Waals surface area contributed by atoms with Gasteiger partial charge in [0.15, 0.2) is 0 Å². The number of carboxylic acids is 1. The van der Waals surface area contributed by atoms with Crippen LogP contribution in [0.15, 0.2) is 18.2 Å². The average molecular weight is 236 g/mol. The van der Waals surface area contributed by atoms with Crippen LogP contribution in [-0.2, 0) is 10.4 Å². The van der Waals surface area contributed by atoms with E-state index in [9.17, 15) is 15.0 Å². The number of hydrogen-bond acceptors (Lipinski definition) is 2. The van der Waals surface area contributed by atoms with E-state index in [0.29, 0.717) is 5.56 Å². The van der Waals surface area contributed by atoms with E-state index in [2.05, 4.69) is 0 Å². The molecule has 0 saturated carbocycles. The lowest BCUT2D eigenvalue weighted by molar-refractivity contribution is -0.164. The van der Waals surface area contributed by atoms with Crippen LogP contribution in [0.1, 0.15) is 37.5 Å². The molecule has 0 aliphatic rings. The van der Waals surface area contributed by atoms with E-state index in [1.807, 2.05) is 32.0 Å². The Morgan fingerprint density at radius 2 is 1.71 bits per heavy atom. The fraction of sp³-hybridized carbons (Fsp3) is 0.500. The Hall–Kier alpha value is -1.35. The van der Waals surface area contributed by atoms with E-state index in [4.69, 9.17) is 0 Å². The Bertz CT molecular complexity index is 445. The van der Waals surface area contributed by atoms with Crippen molar-refractivity contribution in [3.8, 4) is 0 Å². The number of hydrogen-bond donors (Lipinski definition) is 2. The van der Waals surface area contributed by atoms with E-state index in [1.165, 1.54) is 13.8 Å². The zero-order chi connectivity index (χ0) is 13.4. The molecule has 3 heteroatoms. The minimum Gasteiger partial charge on any atom is -0.481 e. The maximum atomic E-state index is 11.3. The van der Waals surface area contributed by atoms with Crippen molar-refractivity contribution < 1.29 is 15.0 Å². The third-order valence-corrected chi connectivity index (χ3v) is 3.67. The van der Waals surface area contributed by atoms with Gasteiger partial charge in [0.1, 0.15) is 5.60 Å². The Kier molecular flexibility index (Phi) is 3.35. The van der Waals surface area contributed by atoms with Crippen molar-refractivity contribution in [3.63, 3.8) is 0 Å². The van der Waals surface area contributed by atoms with Crippen LogP contribution in [0.2, 0.25) is 0 Å². The van der Waals surface area contributed by atoms with Crippen molar-refractivity contribution in [1.82, 2.24) is 0 Å². The molecule has 0 heterocycles. The molecular formula is C14H20O3. The first-order valence-electron chi connectivity index (χ1n) is 5.64. The predicted octanol–water partition coefficient (Wildman–Crippen LogP) is 2.62. The normalized spacial score (nSPS) is 15.4. The smallest absolute Gasteiger partial charge is 0.312 e. The van der Waals surface area contributed by atoms with Gasteiger partial charge in [-0.05, 0) is 45.7 Å². The van der Waals surface area contributed by atoms with Gasteiger partial charge in [-0.1, -0.05) is 23.8 Å². The molecule has 1 atom stereocenters. The van der Waals surface area contributed by atoms with Crippen LogP contribution in [-0.4, -0.2) is 16.2 Å². The summed E-state index contributed by atoms with van der Waals surface area (Å²) >= 11 is 0. The molecule has 1 aromatic carbocycles. The largest absolute Gasteiger partial charge is 0.481 e. The Balaban J connectivity index is 3.40. The molecule has 0 bridgehead atoms. The molecule has 2 N–H and O–H groups in total. The fourth-order valence-corrected chi connectivity index (χ4v) is 1.81. The number of aryl methyl sites for hydroxylation is 2. The number of aliphatic carboxylic acids is 1. The molecule has 1 unspecified atom stereocenters. The predicted molar refractivity (Wildman–Crippen MR) is 66.9 cm³/mol. The van der Waals surface area contributed by atoms with Gasteiger partial charge < -0.3 is 10.2 Å². The number of rotatable bonds is 3. The zero-order valence-corrected chi connectivity index (χ0v) is 11.0. The molecule has 0 aliphatic heterocycles. The molecular weight excluding hydrogens is 216 g/mol. The second-order valence-electron chi connectivity index (χ2n) is 5.32. The lowest BCUT2D eigenvalue weighted by Gasteiger charge is -2.38. The summed E-state index contributed by atoms with van der Waals surface area (Å²) in [6.45, 7) is 8.44. The first-order valence-corrected chi connectivity index (χ1v) is 5.64. The number of carbonyl (C=O) groups is 1. The van der Waals surface area contributed by atoms with Crippen molar-refractivity contribution >= 4 is 5.97 Å². The molecule has 0 aliphatic carbocycles. The topological polar surface area (TPSA) is 57.5 Å². The average Bonchev–Trinajstić information content (AvgIpc) is 2.21. The van der Waals surface area contributed by atoms with Crippen LogP contribution in [0.25, 0.3) is 0 Å². The number of benzene rings is 1. The number of aliphatic hydroxyl groups is 1. The van der Waals surface area contributed by atoms with Crippen molar-refractivity contribution in [2.75, 3.05) is 0 Å². The lowest BCUT2D eigenvalue weighted by atomic mass is 9.70. The highest BCUT2D eigenvalue weighted by molar-refractivity contribution is 5.75. The Labute approximate surface area is 102 Å². The van der Waals surface area contributed by atoms with Gasteiger partial charge in [0.25, 0.3) is 0 Å². The Morgan fingerprint density at radius 3 is 2.18 bits per heavy atom. The molecule has 0 aromatic heterocycles. The van der Waals surface area contributed by atoms with E-state index < -0.39 is 17.0 Å². The molecule has 1 aromatic rings. The van der Waals surface area contributed by atoms with Crippen LogP contribution in [0, 0.1) is 19.3 Å². The molecule has 0 fully saturated rings. The Morgan fingerprint density at radius 1 is 1.18 bits per heavy atom. The van der Waals surface area contributed by atoms with Crippen LogP contribution < -0.4 is 0 Å². The van der Waals surface area contributed by atoms with E-state index in [1.54, 1.807) is 6.92 Å². The maximum Gasteiger partial charge on any atom is 0.312 e. The van der Waals surface area contributed by atoms with Gasteiger partial charge in [0.2, 0.25) is 0 Å². The maximum absolute atomic E-state index is 11.3. The van der Waals surface area contributed by atoms with Gasteiger partial charge in [-0.25, -0.2) is 0 Å². The summed E-state index contributed by atoms with van der Waals surface area (Å²) in [7, 11) is 0. The second-order valence-corrected chi connectivity index (χ2v) is 5.32. The summed E-state index contributed by atoms with van der Waals surface area (Å²) in [6, 6.07) is 5.69. The zero-order valence-electron chi connectivity index (χ0n) is 11.0. The van der Waals surface area contributed by atoms with E-state index in [-0.39, 0.29) is 0 Å². The standard InChI is InChI=1S/C14H20O3/c1-9-6-7-10(2)11(8-9)14(5,17)13(3,4)12(15)16/h6-8,17H,1-5H3,(H,15,16). The SMILES string of the molecule is Cc1ccc(C)c(C(C)(O)C(C)(C)C(=O)O)c1. The first-order chi connectivity index (χ1) is 7.60. The molecule has 0 amide bonds. The fourth-order valence-electron chi connectivity index (χ4n) is 1.81. The van der Waals surface area contributed by atoms with Crippen molar-refractivity contribution in [3.05, 3.63) is 34.9 Å². The van der Waals surface area contributed by atoms with Crippen molar-refractivity contribution in [2.24, 2.45) is 5.41 Å². The summed E-state index contributed by atoms with van der Waals surface area (Å²) < 4.78 is 0. The minimum absolute atomic E-state index is 0.671. The van der Waals surface area contributed by atoms with Gasteiger partial charge in [-0.2, -0.15) is 0 Å².